The van der Waals surface area contributed by atoms with Crippen molar-refractivity contribution in [2.75, 3.05) is 26.3 Å². The lowest BCUT2D eigenvalue weighted by molar-refractivity contribution is -0.156. The van der Waals surface area contributed by atoms with E-state index in [2.05, 4.69) is 5.32 Å². The van der Waals surface area contributed by atoms with Crippen LogP contribution < -0.4 is 5.32 Å². The topological polar surface area (TPSA) is 78.9 Å². The molecule has 2 aliphatic rings. The highest BCUT2D eigenvalue weighted by Gasteiger charge is 2.39. The number of amides is 2. The van der Waals surface area contributed by atoms with Crippen LogP contribution in [0.1, 0.15) is 30.9 Å². The van der Waals surface area contributed by atoms with Crippen molar-refractivity contribution in [2.24, 2.45) is 5.92 Å². The minimum Gasteiger partial charge on any atom is -0.396 e. The van der Waals surface area contributed by atoms with Crippen LogP contribution in [0.3, 0.4) is 0 Å². The van der Waals surface area contributed by atoms with Gasteiger partial charge < -0.3 is 20.1 Å². The van der Waals surface area contributed by atoms with Gasteiger partial charge in [0.15, 0.2) is 6.10 Å². The molecule has 3 rings (SSSR count). The molecule has 24 heavy (non-hydrogen) atoms. The second-order valence-electron chi connectivity index (χ2n) is 6.47. The maximum atomic E-state index is 12.9. The van der Waals surface area contributed by atoms with E-state index in [-0.39, 0.29) is 25.0 Å². The van der Waals surface area contributed by atoms with Crippen LogP contribution >= 0.6 is 0 Å². The van der Waals surface area contributed by atoms with Gasteiger partial charge in [0, 0.05) is 19.7 Å². The van der Waals surface area contributed by atoms with E-state index in [4.69, 9.17) is 9.84 Å². The zero-order valence-electron chi connectivity index (χ0n) is 13.7. The molecule has 2 fully saturated rings. The number of aliphatic hydroxyl groups excluding tert-OH is 1. The molecule has 2 heterocycles. The number of carbonyl (C=O) groups is 2. The monoisotopic (exact) mass is 332 g/mol. The molecule has 2 amide bonds. The first-order valence-electron chi connectivity index (χ1n) is 8.54. The predicted molar refractivity (Wildman–Crippen MR) is 88.1 cm³/mol. The Labute approximate surface area is 141 Å². The molecule has 6 heteroatoms. The molecule has 0 saturated carbocycles. The van der Waals surface area contributed by atoms with E-state index in [1.807, 2.05) is 35.2 Å². The zero-order valence-corrected chi connectivity index (χ0v) is 13.7. The summed E-state index contributed by atoms with van der Waals surface area (Å²) in [5.41, 5.74) is 0.874. The van der Waals surface area contributed by atoms with Gasteiger partial charge in [-0.2, -0.15) is 0 Å². The van der Waals surface area contributed by atoms with Gasteiger partial charge in [0.2, 0.25) is 5.91 Å². The van der Waals surface area contributed by atoms with E-state index in [0.717, 1.165) is 24.8 Å². The number of piperidine rings is 1. The predicted octanol–water partition coefficient (Wildman–Crippen LogP) is 0.864. The average Bonchev–Trinajstić information content (AvgIpc) is 2.63. The standard InChI is InChI=1S/C18H24N2O4/c21-11-8-13-6-9-20(10-7-13)18(23)17-16(19-15(22)12-24-17)14-4-2-1-3-5-14/h1-5,13,16-17,21H,6-12H2,(H,19,22)/t16-,17+/m1/s1. The number of nitrogens with one attached hydrogen (secondary N) is 1. The molecule has 2 atom stereocenters. The summed E-state index contributed by atoms with van der Waals surface area (Å²) in [6.07, 6.45) is 1.92. The quantitative estimate of drug-likeness (QED) is 0.857. The number of aliphatic hydroxyl groups is 1. The van der Waals surface area contributed by atoms with Crippen LogP contribution in [0.2, 0.25) is 0 Å². The third-order valence-electron chi connectivity index (χ3n) is 4.88. The molecule has 0 radical (unpaired) electrons. The number of nitrogens with zero attached hydrogens (tertiary/aromatic N) is 1. The van der Waals surface area contributed by atoms with Crippen LogP contribution in [0.5, 0.6) is 0 Å². The lowest BCUT2D eigenvalue weighted by atomic mass is 9.92. The largest absolute Gasteiger partial charge is 0.396 e. The number of ether oxygens (including phenoxy) is 1. The van der Waals surface area contributed by atoms with Gasteiger partial charge in [0.1, 0.15) is 6.61 Å². The van der Waals surface area contributed by atoms with E-state index in [1.165, 1.54) is 0 Å². The van der Waals surface area contributed by atoms with Crippen molar-refractivity contribution in [3.8, 4) is 0 Å². The third-order valence-corrected chi connectivity index (χ3v) is 4.88. The Morgan fingerprint density at radius 2 is 1.96 bits per heavy atom. The Morgan fingerprint density at radius 1 is 1.25 bits per heavy atom. The van der Waals surface area contributed by atoms with Gasteiger partial charge in [0.25, 0.3) is 5.91 Å². The summed E-state index contributed by atoms with van der Waals surface area (Å²) in [5, 5.41) is 11.9. The fourth-order valence-electron chi connectivity index (χ4n) is 3.49. The maximum Gasteiger partial charge on any atom is 0.254 e. The number of hydrogen-bond donors (Lipinski definition) is 2. The fraction of sp³-hybridized carbons (Fsp3) is 0.556. The highest BCUT2D eigenvalue weighted by atomic mass is 16.5. The highest BCUT2D eigenvalue weighted by Crippen LogP contribution is 2.26. The first kappa shape index (κ1) is 16.9. The van der Waals surface area contributed by atoms with E-state index in [0.29, 0.717) is 19.0 Å². The minimum atomic E-state index is -0.681. The molecule has 1 aromatic rings. The number of rotatable bonds is 4. The third kappa shape index (κ3) is 3.76. The van der Waals surface area contributed by atoms with Gasteiger partial charge in [-0.05, 0) is 30.7 Å². The summed E-state index contributed by atoms with van der Waals surface area (Å²) in [6, 6.07) is 9.02. The van der Waals surface area contributed by atoms with E-state index < -0.39 is 12.1 Å². The minimum absolute atomic E-state index is 0.0636. The van der Waals surface area contributed by atoms with Gasteiger partial charge in [0.05, 0.1) is 6.04 Å². The molecule has 0 aromatic heterocycles. The van der Waals surface area contributed by atoms with Crippen molar-refractivity contribution in [3.63, 3.8) is 0 Å². The van der Waals surface area contributed by atoms with Crippen molar-refractivity contribution < 1.29 is 19.4 Å². The lowest BCUT2D eigenvalue weighted by Gasteiger charge is -2.38. The lowest BCUT2D eigenvalue weighted by Crippen LogP contribution is -2.54. The number of benzene rings is 1. The molecule has 2 N–H and O–H groups in total. The van der Waals surface area contributed by atoms with Crippen LogP contribution in [0.25, 0.3) is 0 Å². The Morgan fingerprint density at radius 3 is 2.62 bits per heavy atom. The second kappa shape index (κ2) is 7.77. The van der Waals surface area contributed by atoms with Crippen LogP contribution in [-0.2, 0) is 14.3 Å². The van der Waals surface area contributed by atoms with Gasteiger partial charge >= 0.3 is 0 Å². The summed E-state index contributed by atoms with van der Waals surface area (Å²) in [5.74, 6) is 0.219. The molecule has 0 aliphatic carbocycles. The Balaban J connectivity index is 1.69. The van der Waals surface area contributed by atoms with Crippen molar-refractivity contribution in [1.29, 1.82) is 0 Å². The first-order valence-corrected chi connectivity index (χ1v) is 8.54. The molecule has 0 unspecified atom stereocenters. The van der Waals surface area contributed by atoms with Crippen molar-refractivity contribution in [2.45, 2.75) is 31.4 Å². The van der Waals surface area contributed by atoms with Crippen LogP contribution in [-0.4, -0.2) is 54.2 Å². The van der Waals surface area contributed by atoms with E-state index in [9.17, 15) is 9.59 Å². The molecular formula is C18H24N2O4. The van der Waals surface area contributed by atoms with Crippen LogP contribution in [0, 0.1) is 5.92 Å². The summed E-state index contributed by atoms with van der Waals surface area (Å²) < 4.78 is 5.60. The Kier molecular flexibility index (Phi) is 5.48. The summed E-state index contributed by atoms with van der Waals surface area (Å²) in [7, 11) is 0. The maximum absolute atomic E-state index is 12.9. The van der Waals surface area contributed by atoms with Crippen molar-refractivity contribution >= 4 is 11.8 Å². The molecule has 2 aliphatic heterocycles. The number of hydrogen-bond acceptors (Lipinski definition) is 4. The van der Waals surface area contributed by atoms with Gasteiger partial charge in [-0.3, -0.25) is 9.59 Å². The van der Waals surface area contributed by atoms with Gasteiger partial charge in [-0.15, -0.1) is 0 Å². The van der Waals surface area contributed by atoms with Crippen molar-refractivity contribution in [3.05, 3.63) is 35.9 Å². The first-order chi connectivity index (χ1) is 11.7. The smallest absolute Gasteiger partial charge is 0.254 e. The molecule has 1 aromatic carbocycles. The summed E-state index contributed by atoms with van der Waals surface area (Å²) in [6.45, 7) is 1.48. The Bertz CT molecular complexity index is 570. The second-order valence-corrected chi connectivity index (χ2v) is 6.47. The average molecular weight is 332 g/mol. The highest BCUT2D eigenvalue weighted by molar-refractivity contribution is 5.86. The van der Waals surface area contributed by atoms with E-state index >= 15 is 0 Å². The molecule has 0 spiro atoms. The summed E-state index contributed by atoms with van der Waals surface area (Å²) in [4.78, 5) is 26.5. The van der Waals surface area contributed by atoms with Gasteiger partial charge in [-0.1, -0.05) is 30.3 Å². The van der Waals surface area contributed by atoms with Crippen LogP contribution in [0.15, 0.2) is 30.3 Å². The normalized spacial score (nSPS) is 25.4. The van der Waals surface area contributed by atoms with Crippen LogP contribution in [0.4, 0.5) is 0 Å². The molecular weight excluding hydrogens is 308 g/mol. The summed E-state index contributed by atoms with van der Waals surface area (Å²) >= 11 is 0. The fourth-order valence-corrected chi connectivity index (χ4v) is 3.49. The number of likely N-dealkylation sites (tertiary alicyclic amines) is 1. The molecule has 6 nitrogen and oxygen atoms in total. The van der Waals surface area contributed by atoms with Gasteiger partial charge in [-0.25, -0.2) is 0 Å². The molecule has 0 bridgehead atoms. The SMILES string of the molecule is O=C1CO[C@H](C(=O)N2CCC(CCO)CC2)[C@@H](c2ccccc2)N1. The molecule has 130 valence electrons. The number of morpholine rings is 1. The molecule has 2 saturated heterocycles. The Hall–Kier alpha value is -1.92. The van der Waals surface area contributed by atoms with Crippen molar-refractivity contribution in [1.82, 2.24) is 10.2 Å². The number of carbonyl (C=O) groups excluding carboxylic acids is 2. The van der Waals surface area contributed by atoms with E-state index in [1.54, 1.807) is 0 Å². The zero-order chi connectivity index (χ0) is 16.9.